The molecule has 0 saturated heterocycles. The van der Waals surface area contributed by atoms with Crippen LogP contribution in [0, 0.1) is 0 Å². The Labute approximate surface area is 62.7 Å². The molecule has 6 nitrogen and oxygen atoms in total. The van der Waals surface area contributed by atoms with Gasteiger partial charge < -0.3 is 4.42 Å². The zero-order valence-corrected chi connectivity index (χ0v) is 5.65. The molecule has 1 heterocycles. The molecular formula is C5H8N4O2. The highest BCUT2D eigenvalue weighted by Gasteiger charge is 2.10. The van der Waals surface area contributed by atoms with E-state index in [1.807, 2.05) is 5.43 Å². The van der Waals surface area contributed by atoms with Crippen LogP contribution in [0.5, 0.6) is 0 Å². The van der Waals surface area contributed by atoms with Crippen LogP contribution in [0.15, 0.2) is 22.8 Å². The lowest BCUT2D eigenvalue weighted by atomic mass is 10.6. The van der Waals surface area contributed by atoms with Crippen molar-refractivity contribution in [1.82, 2.24) is 5.43 Å². The molecule has 0 atom stereocenters. The van der Waals surface area contributed by atoms with Crippen molar-refractivity contribution in [2.45, 2.75) is 0 Å². The molecule has 11 heavy (non-hydrogen) atoms. The van der Waals surface area contributed by atoms with Crippen LogP contribution in [-0.2, 0) is 0 Å². The maximum absolute atomic E-state index is 10.7. The zero-order chi connectivity index (χ0) is 8.27. The SMILES string of the molecule is NNC(=O)N(N)c1ccco1. The summed E-state index contributed by atoms with van der Waals surface area (Å²) in [6.07, 6.45) is 1.40. The third kappa shape index (κ3) is 1.48. The van der Waals surface area contributed by atoms with Crippen molar-refractivity contribution in [1.29, 1.82) is 0 Å². The summed E-state index contributed by atoms with van der Waals surface area (Å²) in [5, 5.41) is 0.764. The number of hydrazine groups is 2. The molecule has 1 rings (SSSR count). The third-order valence-corrected chi connectivity index (χ3v) is 1.09. The second-order valence-electron chi connectivity index (χ2n) is 1.77. The van der Waals surface area contributed by atoms with Crippen LogP contribution in [0.3, 0.4) is 0 Å². The van der Waals surface area contributed by atoms with E-state index in [2.05, 4.69) is 0 Å². The van der Waals surface area contributed by atoms with E-state index >= 15 is 0 Å². The predicted octanol–water partition coefficient (Wildman–Crippen LogP) is -0.457. The fraction of sp³-hybridized carbons (Fsp3) is 0. The summed E-state index contributed by atoms with van der Waals surface area (Å²) >= 11 is 0. The number of furan rings is 1. The van der Waals surface area contributed by atoms with E-state index in [0.717, 1.165) is 5.01 Å². The van der Waals surface area contributed by atoms with Gasteiger partial charge in [0.05, 0.1) is 6.26 Å². The van der Waals surface area contributed by atoms with E-state index in [0.29, 0.717) is 0 Å². The molecule has 0 bridgehead atoms. The molecule has 2 amide bonds. The molecule has 0 aliphatic heterocycles. The van der Waals surface area contributed by atoms with E-state index in [1.54, 1.807) is 6.07 Å². The second-order valence-corrected chi connectivity index (χ2v) is 1.77. The molecule has 0 radical (unpaired) electrons. The molecule has 0 spiro atoms. The Hall–Kier alpha value is -1.53. The number of nitrogens with two attached hydrogens (primary N) is 2. The van der Waals surface area contributed by atoms with Crippen molar-refractivity contribution in [2.75, 3.05) is 5.01 Å². The number of carbonyl (C=O) groups excluding carboxylic acids is 1. The fourth-order valence-corrected chi connectivity index (χ4v) is 0.577. The summed E-state index contributed by atoms with van der Waals surface area (Å²) in [4.78, 5) is 10.7. The summed E-state index contributed by atoms with van der Waals surface area (Å²) in [7, 11) is 0. The molecule has 0 unspecified atom stereocenters. The lowest BCUT2D eigenvalue weighted by molar-refractivity contribution is 0.245. The van der Waals surface area contributed by atoms with Gasteiger partial charge in [-0.15, -0.1) is 0 Å². The van der Waals surface area contributed by atoms with Gasteiger partial charge in [-0.3, -0.25) is 5.43 Å². The molecule has 0 fully saturated rings. The van der Waals surface area contributed by atoms with Gasteiger partial charge in [0.1, 0.15) is 0 Å². The van der Waals surface area contributed by atoms with Gasteiger partial charge >= 0.3 is 6.03 Å². The van der Waals surface area contributed by atoms with Gasteiger partial charge in [-0.25, -0.2) is 16.5 Å². The first kappa shape index (κ1) is 7.58. The van der Waals surface area contributed by atoms with E-state index in [1.165, 1.54) is 12.3 Å². The molecule has 0 aliphatic rings. The average molecular weight is 156 g/mol. The van der Waals surface area contributed by atoms with Crippen LogP contribution < -0.4 is 22.1 Å². The van der Waals surface area contributed by atoms with Crippen molar-refractivity contribution < 1.29 is 9.21 Å². The van der Waals surface area contributed by atoms with E-state index in [4.69, 9.17) is 16.1 Å². The van der Waals surface area contributed by atoms with Gasteiger partial charge in [-0.05, 0) is 6.07 Å². The Morgan fingerprint density at radius 1 is 1.73 bits per heavy atom. The molecule has 1 aromatic heterocycles. The smallest absolute Gasteiger partial charge is 0.352 e. The highest BCUT2D eigenvalue weighted by Crippen LogP contribution is 2.09. The van der Waals surface area contributed by atoms with Gasteiger partial charge in [0.25, 0.3) is 0 Å². The van der Waals surface area contributed by atoms with E-state index in [9.17, 15) is 4.79 Å². The highest BCUT2D eigenvalue weighted by atomic mass is 16.4. The Morgan fingerprint density at radius 2 is 2.45 bits per heavy atom. The lowest BCUT2D eigenvalue weighted by Gasteiger charge is -2.10. The van der Waals surface area contributed by atoms with Crippen LogP contribution >= 0.6 is 0 Å². The summed E-state index contributed by atoms with van der Waals surface area (Å²) in [6, 6.07) is 2.51. The third-order valence-electron chi connectivity index (χ3n) is 1.09. The van der Waals surface area contributed by atoms with Gasteiger partial charge in [0.2, 0.25) is 5.88 Å². The number of nitrogens with zero attached hydrogens (tertiary/aromatic N) is 1. The Kier molecular flexibility index (Phi) is 2.09. The number of amides is 2. The van der Waals surface area contributed by atoms with Crippen LogP contribution in [0.25, 0.3) is 0 Å². The van der Waals surface area contributed by atoms with Crippen LogP contribution in [0.1, 0.15) is 0 Å². The summed E-state index contributed by atoms with van der Waals surface area (Å²) < 4.78 is 4.80. The van der Waals surface area contributed by atoms with Crippen molar-refractivity contribution >= 4 is 11.9 Å². The lowest BCUT2D eigenvalue weighted by Crippen LogP contribution is -2.47. The number of rotatable bonds is 1. The molecule has 0 aromatic carbocycles. The van der Waals surface area contributed by atoms with Gasteiger partial charge in [-0.2, -0.15) is 5.01 Å². The second kappa shape index (κ2) is 3.04. The predicted molar refractivity (Wildman–Crippen MR) is 38.1 cm³/mol. The molecule has 5 N–H and O–H groups in total. The minimum Gasteiger partial charge on any atom is -0.447 e. The van der Waals surface area contributed by atoms with Crippen molar-refractivity contribution in [2.24, 2.45) is 11.7 Å². The topological polar surface area (TPSA) is 97.5 Å². The van der Waals surface area contributed by atoms with Gasteiger partial charge in [-0.1, -0.05) is 0 Å². The van der Waals surface area contributed by atoms with Crippen LogP contribution in [0.4, 0.5) is 10.7 Å². The summed E-state index contributed by atoms with van der Waals surface area (Å²) in [6.45, 7) is 0. The minimum absolute atomic E-state index is 0.230. The average Bonchev–Trinajstić information content (AvgIpc) is 2.53. The van der Waals surface area contributed by atoms with E-state index in [-0.39, 0.29) is 5.88 Å². The molecular weight excluding hydrogens is 148 g/mol. The molecule has 0 saturated carbocycles. The van der Waals surface area contributed by atoms with Crippen molar-refractivity contribution in [3.63, 3.8) is 0 Å². The Morgan fingerprint density at radius 3 is 2.91 bits per heavy atom. The normalized spacial score (nSPS) is 9.27. The monoisotopic (exact) mass is 156 g/mol. The number of hydrogen-bond donors (Lipinski definition) is 3. The molecule has 60 valence electrons. The summed E-state index contributed by atoms with van der Waals surface area (Å²) in [5.74, 6) is 10.3. The summed E-state index contributed by atoms with van der Waals surface area (Å²) in [5.41, 5.74) is 1.86. The highest BCUT2D eigenvalue weighted by molar-refractivity contribution is 5.88. The minimum atomic E-state index is -0.639. The quantitative estimate of drug-likeness (QED) is 0.291. The maximum atomic E-state index is 10.7. The fourth-order valence-electron chi connectivity index (χ4n) is 0.577. The first-order valence-corrected chi connectivity index (χ1v) is 2.84. The molecule has 1 aromatic rings. The van der Waals surface area contributed by atoms with Crippen molar-refractivity contribution in [3.05, 3.63) is 18.4 Å². The first-order chi connectivity index (χ1) is 5.25. The largest absolute Gasteiger partial charge is 0.447 e. The van der Waals surface area contributed by atoms with Crippen LogP contribution in [-0.4, -0.2) is 6.03 Å². The van der Waals surface area contributed by atoms with Gasteiger partial charge in [0.15, 0.2) is 0 Å². The van der Waals surface area contributed by atoms with Crippen molar-refractivity contribution in [3.8, 4) is 0 Å². The van der Waals surface area contributed by atoms with Gasteiger partial charge in [0, 0.05) is 6.07 Å². The molecule has 6 heteroatoms. The number of hydrogen-bond acceptors (Lipinski definition) is 4. The number of urea groups is 1. The number of nitrogens with one attached hydrogen (secondary N) is 1. The van der Waals surface area contributed by atoms with Crippen LogP contribution in [0.2, 0.25) is 0 Å². The zero-order valence-electron chi connectivity index (χ0n) is 5.65. The van der Waals surface area contributed by atoms with E-state index < -0.39 is 6.03 Å². The Balaban J connectivity index is 2.70. The number of anilines is 1. The Bertz CT molecular complexity index is 233. The maximum Gasteiger partial charge on any atom is 0.352 e. The standard InChI is InChI=1S/C5H8N4O2/c6-8-5(10)9(7)4-2-1-3-11-4/h1-3H,6-7H2,(H,8,10). The molecule has 0 aliphatic carbocycles. The first-order valence-electron chi connectivity index (χ1n) is 2.84. The number of carbonyl (C=O) groups is 1.